The van der Waals surface area contributed by atoms with Gasteiger partial charge in [0.2, 0.25) is 0 Å². The highest BCUT2D eigenvalue weighted by Crippen LogP contribution is 2.16. The van der Waals surface area contributed by atoms with Crippen molar-refractivity contribution in [2.24, 2.45) is 5.73 Å². The zero-order valence-electron chi connectivity index (χ0n) is 11.2. The molecule has 0 atom stereocenters. The molecule has 19 heavy (non-hydrogen) atoms. The smallest absolute Gasteiger partial charge is 0.344 e. The lowest BCUT2D eigenvalue weighted by Gasteiger charge is -2.08. The molecule has 106 valence electrons. The summed E-state index contributed by atoms with van der Waals surface area (Å²) in [5.41, 5.74) is 6.16. The molecule has 0 aliphatic heterocycles. The Morgan fingerprint density at radius 3 is 2.84 bits per heavy atom. The highest BCUT2D eigenvalue weighted by atomic mass is 19.1. The molecule has 0 spiro atoms. The van der Waals surface area contributed by atoms with Gasteiger partial charge in [-0.2, -0.15) is 0 Å². The highest BCUT2D eigenvalue weighted by molar-refractivity contribution is 5.71. The third kappa shape index (κ3) is 6.20. The third-order valence-corrected chi connectivity index (χ3v) is 2.48. The van der Waals surface area contributed by atoms with Crippen LogP contribution in [0.25, 0.3) is 0 Å². The van der Waals surface area contributed by atoms with Crippen LogP contribution in [0.2, 0.25) is 0 Å². The van der Waals surface area contributed by atoms with Crippen LogP contribution in [0.15, 0.2) is 18.2 Å². The zero-order chi connectivity index (χ0) is 14.1. The van der Waals surface area contributed by atoms with Gasteiger partial charge in [-0.1, -0.05) is 13.3 Å². The highest BCUT2D eigenvalue weighted by Gasteiger charge is 2.06. The van der Waals surface area contributed by atoms with Crippen LogP contribution in [-0.2, 0) is 16.0 Å². The lowest BCUT2D eigenvalue weighted by atomic mass is 10.1. The maximum atomic E-state index is 13.3. The molecule has 0 fully saturated rings. The van der Waals surface area contributed by atoms with E-state index in [0.717, 1.165) is 18.4 Å². The van der Waals surface area contributed by atoms with E-state index in [1.807, 2.05) is 6.92 Å². The van der Waals surface area contributed by atoms with Crippen molar-refractivity contribution in [3.63, 3.8) is 0 Å². The SMILES string of the molecule is CCCCOC(=O)COc1cc(F)cc(CCN)c1. The van der Waals surface area contributed by atoms with Gasteiger partial charge in [0.15, 0.2) is 6.61 Å². The van der Waals surface area contributed by atoms with Crippen molar-refractivity contribution in [1.82, 2.24) is 0 Å². The maximum absolute atomic E-state index is 13.3. The molecule has 0 bridgehead atoms. The van der Waals surface area contributed by atoms with Crippen LogP contribution in [0.4, 0.5) is 4.39 Å². The van der Waals surface area contributed by atoms with Gasteiger partial charge < -0.3 is 15.2 Å². The first-order valence-electron chi connectivity index (χ1n) is 6.43. The van der Waals surface area contributed by atoms with Gasteiger partial charge in [0.1, 0.15) is 11.6 Å². The molecule has 1 aromatic carbocycles. The largest absolute Gasteiger partial charge is 0.482 e. The van der Waals surface area contributed by atoms with E-state index in [4.69, 9.17) is 15.2 Å². The normalized spacial score (nSPS) is 10.3. The summed E-state index contributed by atoms with van der Waals surface area (Å²) < 4.78 is 23.4. The number of benzene rings is 1. The Balaban J connectivity index is 2.45. The Labute approximate surface area is 112 Å². The van der Waals surface area contributed by atoms with Crippen molar-refractivity contribution in [1.29, 1.82) is 0 Å². The lowest BCUT2D eigenvalue weighted by molar-refractivity contribution is -0.146. The second-order valence-corrected chi connectivity index (χ2v) is 4.20. The van der Waals surface area contributed by atoms with Crippen LogP contribution in [0.1, 0.15) is 25.3 Å². The fraction of sp³-hybridized carbons (Fsp3) is 0.500. The van der Waals surface area contributed by atoms with Crippen molar-refractivity contribution in [3.8, 4) is 5.75 Å². The lowest BCUT2D eigenvalue weighted by Crippen LogP contribution is -2.15. The molecule has 0 aromatic heterocycles. The summed E-state index contributed by atoms with van der Waals surface area (Å²) in [4.78, 5) is 11.3. The number of carbonyl (C=O) groups is 1. The first-order valence-corrected chi connectivity index (χ1v) is 6.43. The quantitative estimate of drug-likeness (QED) is 0.579. The number of nitrogens with two attached hydrogens (primary N) is 1. The minimum Gasteiger partial charge on any atom is -0.482 e. The molecule has 1 rings (SSSR count). The molecule has 0 radical (unpaired) electrons. The van der Waals surface area contributed by atoms with Crippen molar-refractivity contribution in [2.45, 2.75) is 26.2 Å². The van der Waals surface area contributed by atoms with Gasteiger partial charge in [0, 0.05) is 6.07 Å². The number of esters is 1. The van der Waals surface area contributed by atoms with Crippen molar-refractivity contribution < 1.29 is 18.7 Å². The van der Waals surface area contributed by atoms with E-state index in [-0.39, 0.29) is 6.61 Å². The number of hydrogen-bond donors (Lipinski definition) is 1. The van der Waals surface area contributed by atoms with Crippen molar-refractivity contribution in [2.75, 3.05) is 19.8 Å². The summed E-state index contributed by atoms with van der Waals surface area (Å²) in [6, 6.07) is 4.31. The predicted molar refractivity (Wildman–Crippen MR) is 70.5 cm³/mol. The van der Waals surface area contributed by atoms with Gasteiger partial charge in [-0.05, 0) is 37.1 Å². The molecule has 0 aliphatic rings. The Bertz CT molecular complexity index is 410. The Kier molecular flexibility index (Phi) is 6.89. The topological polar surface area (TPSA) is 61.5 Å². The number of unbranched alkanes of at least 4 members (excludes halogenated alkanes) is 1. The fourth-order valence-corrected chi connectivity index (χ4v) is 1.53. The van der Waals surface area contributed by atoms with Crippen LogP contribution < -0.4 is 10.5 Å². The number of hydrogen-bond acceptors (Lipinski definition) is 4. The van der Waals surface area contributed by atoms with Gasteiger partial charge in [-0.15, -0.1) is 0 Å². The first-order chi connectivity index (χ1) is 9.15. The zero-order valence-corrected chi connectivity index (χ0v) is 11.2. The number of ether oxygens (including phenoxy) is 2. The van der Waals surface area contributed by atoms with E-state index in [1.165, 1.54) is 12.1 Å². The van der Waals surface area contributed by atoms with E-state index >= 15 is 0 Å². The summed E-state index contributed by atoms with van der Waals surface area (Å²) in [6.07, 6.45) is 2.35. The molecule has 2 N–H and O–H groups in total. The molecule has 4 nitrogen and oxygen atoms in total. The van der Waals surface area contributed by atoms with Gasteiger partial charge >= 0.3 is 5.97 Å². The summed E-state index contributed by atoms with van der Waals surface area (Å²) in [5.74, 6) is -0.533. The van der Waals surface area contributed by atoms with E-state index in [9.17, 15) is 9.18 Å². The Morgan fingerprint density at radius 2 is 2.16 bits per heavy atom. The predicted octanol–water partition coefficient (Wildman–Crippen LogP) is 2.05. The second-order valence-electron chi connectivity index (χ2n) is 4.20. The molecule has 1 aromatic rings. The molecule has 0 aliphatic carbocycles. The minimum atomic E-state index is -0.446. The van der Waals surface area contributed by atoms with Crippen LogP contribution in [-0.4, -0.2) is 25.7 Å². The molecule has 0 amide bonds. The third-order valence-electron chi connectivity index (χ3n) is 2.48. The van der Waals surface area contributed by atoms with Crippen molar-refractivity contribution in [3.05, 3.63) is 29.6 Å². The maximum Gasteiger partial charge on any atom is 0.344 e. The standard InChI is InChI=1S/C14H20FNO3/c1-2-3-6-18-14(17)10-19-13-8-11(4-5-16)7-12(15)9-13/h7-9H,2-6,10,16H2,1H3. The van der Waals surface area contributed by atoms with E-state index in [2.05, 4.69) is 0 Å². The molecule has 0 saturated carbocycles. The summed E-state index contributed by atoms with van der Waals surface area (Å²) in [7, 11) is 0. The van der Waals surface area contributed by atoms with Crippen LogP contribution in [0.3, 0.4) is 0 Å². The summed E-state index contributed by atoms with van der Waals surface area (Å²) >= 11 is 0. The number of halogens is 1. The second kappa shape index (κ2) is 8.48. The number of rotatable bonds is 8. The summed E-state index contributed by atoms with van der Waals surface area (Å²) in [5, 5.41) is 0. The molecule has 0 heterocycles. The monoisotopic (exact) mass is 269 g/mol. The van der Waals surface area contributed by atoms with E-state index < -0.39 is 11.8 Å². The number of carbonyl (C=O) groups excluding carboxylic acids is 1. The van der Waals surface area contributed by atoms with Crippen LogP contribution >= 0.6 is 0 Å². The first kappa shape index (κ1) is 15.4. The molecule has 0 saturated heterocycles. The molecular formula is C14H20FNO3. The van der Waals surface area contributed by atoms with Crippen LogP contribution in [0, 0.1) is 5.82 Å². The van der Waals surface area contributed by atoms with Gasteiger partial charge in [0.25, 0.3) is 0 Å². The van der Waals surface area contributed by atoms with E-state index in [0.29, 0.717) is 25.3 Å². The van der Waals surface area contributed by atoms with Crippen molar-refractivity contribution >= 4 is 5.97 Å². The molecule has 0 unspecified atom stereocenters. The van der Waals surface area contributed by atoms with E-state index in [1.54, 1.807) is 6.07 Å². The van der Waals surface area contributed by atoms with Crippen LogP contribution in [0.5, 0.6) is 5.75 Å². The van der Waals surface area contributed by atoms with Gasteiger partial charge in [0.05, 0.1) is 6.61 Å². The van der Waals surface area contributed by atoms with Gasteiger partial charge in [-0.25, -0.2) is 9.18 Å². The average molecular weight is 269 g/mol. The van der Waals surface area contributed by atoms with Gasteiger partial charge in [-0.3, -0.25) is 0 Å². The minimum absolute atomic E-state index is 0.213. The Morgan fingerprint density at radius 1 is 1.37 bits per heavy atom. The molecular weight excluding hydrogens is 249 g/mol. The Hall–Kier alpha value is -1.62. The average Bonchev–Trinajstić information content (AvgIpc) is 2.36. The molecule has 5 heteroatoms. The fourth-order valence-electron chi connectivity index (χ4n) is 1.53. The summed E-state index contributed by atoms with van der Waals surface area (Å²) in [6.45, 7) is 2.62.